The van der Waals surface area contributed by atoms with Gasteiger partial charge in [0.1, 0.15) is 5.58 Å². The summed E-state index contributed by atoms with van der Waals surface area (Å²) in [4.78, 5) is 58.3. The summed E-state index contributed by atoms with van der Waals surface area (Å²) in [6.45, 7) is -0.179. The number of aromatic amines is 1. The van der Waals surface area contributed by atoms with Crippen molar-refractivity contribution in [2.75, 3.05) is 12.8 Å². The molecule has 0 bridgehead atoms. The molecular weight excluding hydrogens is 487 g/mol. The number of benzene rings is 2. The SMILES string of the molecule is COc1ccc2c(c1F)C(=O)N([C@@]1(c3cc4cc(-c5cc(=O)[nH]c(N)n5)ccc4o3)NC(=O)NC1=O)C2. The Labute approximate surface area is 206 Å². The molecule has 2 aliphatic rings. The van der Waals surface area contributed by atoms with Crippen molar-refractivity contribution in [2.24, 2.45) is 0 Å². The maximum atomic E-state index is 15.0. The summed E-state index contributed by atoms with van der Waals surface area (Å²) >= 11 is 0. The number of fused-ring (bicyclic) bond motifs is 2. The standard InChI is InChI=1S/C24H17FN6O6/c1-36-15-5-3-11-9-31(20(33)18(11)19(15)25)24(21(34)29-23(35)30-24)16-7-12-6-10(2-4-14(12)37-16)13-8-17(32)28-22(26)27-13/h2-8H,9H2,1H3,(H3,26,27,28,32)(H2,29,30,34,35)/t24-/m1/s1. The molecule has 2 aromatic carbocycles. The number of nitrogen functional groups attached to an aromatic ring is 1. The van der Waals surface area contributed by atoms with Gasteiger partial charge in [0, 0.05) is 17.0 Å². The van der Waals surface area contributed by atoms with Gasteiger partial charge in [-0.2, -0.15) is 0 Å². The predicted octanol–water partition coefficient (Wildman–Crippen LogP) is 1.56. The number of nitrogens with one attached hydrogen (secondary N) is 3. The van der Waals surface area contributed by atoms with Crippen LogP contribution in [0.3, 0.4) is 0 Å². The molecule has 0 unspecified atom stereocenters. The number of hydrogen-bond donors (Lipinski definition) is 4. The van der Waals surface area contributed by atoms with Crippen LogP contribution < -0.4 is 26.7 Å². The molecule has 2 aliphatic heterocycles. The number of carbonyl (C=O) groups excluding carboxylic acids is 3. The molecule has 37 heavy (non-hydrogen) atoms. The van der Waals surface area contributed by atoms with Crippen molar-refractivity contribution in [1.29, 1.82) is 0 Å². The van der Waals surface area contributed by atoms with E-state index < -0.39 is 34.9 Å². The third-order valence-corrected chi connectivity index (χ3v) is 6.38. The highest BCUT2D eigenvalue weighted by Gasteiger charge is 2.59. The second kappa shape index (κ2) is 7.65. The van der Waals surface area contributed by atoms with Crippen LogP contribution in [0, 0.1) is 5.82 Å². The summed E-state index contributed by atoms with van der Waals surface area (Å²) in [6, 6.07) is 9.66. The van der Waals surface area contributed by atoms with Crippen molar-refractivity contribution in [3.05, 3.63) is 75.5 Å². The van der Waals surface area contributed by atoms with Crippen molar-refractivity contribution in [3.63, 3.8) is 0 Å². The van der Waals surface area contributed by atoms with E-state index in [0.717, 1.165) is 4.90 Å². The number of nitrogens with two attached hydrogens (primary N) is 1. The van der Waals surface area contributed by atoms with E-state index in [0.29, 0.717) is 27.8 Å². The van der Waals surface area contributed by atoms with Crippen molar-refractivity contribution < 1.29 is 27.9 Å². The molecule has 5 N–H and O–H groups in total. The molecular formula is C24H17FN6O6. The largest absolute Gasteiger partial charge is 0.494 e. The molecule has 1 atom stereocenters. The maximum Gasteiger partial charge on any atom is 0.324 e. The number of halogens is 1. The summed E-state index contributed by atoms with van der Waals surface area (Å²) in [7, 11) is 1.27. The Morgan fingerprint density at radius 1 is 1.14 bits per heavy atom. The smallest absolute Gasteiger partial charge is 0.324 e. The summed E-state index contributed by atoms with van der Waals surface area (Å²) in [6.07, 6.45) is 0. The van der Waals surface area contributed by atoms with E-state index in [1.165, 1.54) is 31.4 Å². The molecule has 186 valence electrons. The average molecular weight is 504 g/mol. The first-order valence-electron chi connectivity index (χ1n) is 10.9. The molecule has 0 spiro atoms. The number of ether oxygens (including phenoxy) is 1. The van der Waals surface area contributed by atoms with Crippen LogP contribution in [-0.4, -0.2) is 39.8 Å². The van der Waals surface area contributed by atoms with Crippen molar-refractivity contribution >= 4 is 34.8 Å². The van der Waals surface area contributed by atoms with Gasteiger partial charge >= 0.3 is 6.03 Å². The Morgan fingerprint density at radius 2 is 1.95 bits per heavy atom. The molecule has 4 heterocycles. The number of methoxy groups -OCH3 is 1. The molecule has 0 saturated carbocycles. The molecule has 0 radical (unpaired) electrons. The number of anilines is 1. The molecule has 6 rings (SSSR count). The number of nitrogens with zero attached hydrogens (tertiary/aromatic N) is 2. The normalized spacial score (nSPS) is 18.8. The zero-order valence-corrected chi connectivity index (χ0v) is 19.0. The number of carbonyl (C=O) groups is 3. The molecule has 4 aromatic rings. The van der Waals surface area contributed by atoms with Crippen LogP contribution in [0.15, 0.2) is 51.7 Å². The summed E-state index contributed by atoms with van der Waals surface area (Å²) < 4.78 is 25.9. The number of amides is 4. The fourth-order valence-corrected chi connectivity index (χ4v) is 4.71. The summed E-state index contributed by atoms with van der Waals surface area (Å²) in [5.41, 5.74) is 4.34. The Hall–Kier alpha value is -5.20. The van der Waals surface area contributed by atoms with E-state index in [1.807, 2.05) is 0 Å². The number of hydrogen-bond acceptors (Lipinski definition) is 8. The number of H-pyrrole nitrogens is 1. The van der Waals surface area contributed by atoms with Crippen LogP contribution in [0.5, 0.6) is 5.75 Å². The summed E-state index contributed by atoms with van der Waals surface area (Å²) in [5.74, 6) is -2.83. The van der Waals surface area contributed by atoms with Gasteiger partial charge in [-0.1, -0.05) is 6.07 Å². The number of imide groups is 1. The molecule has 13 heteroatoms. The minimum absolute atomic E-state index is 0.0595. The lowest BCUT2D eigenvalue weighted by atomic mass is 10.0. The zero-order valence-electron chi connectivity index (χ0n) is 19.0. The van der Waals surface area contributed by atoms with Crippen molar-refractivity contribution in [2.45, 2.75) is 12.2 Å². The second-order valence-electron chi connectivity index (χ2n) is 8.51. The van der Waals surface area contributed by atoms with Gasteiger partial charge in [0.15, 0.2) is 17.3 Å². The number of aromatic nitrogens is 2. The van der Waals surface area contributed by atoms with Crippen LogP contribution in [0.4, 0.5) is 15.1 Å². The van der Waals surface area contributed by atoms with E-state index in [4.69, 9.17) is 14.9 Å². The quantitative estimate of drug-likeness (QED) is 0.303. The fourth-order valence-electron chi connectivity index (χ4n) is 4.71. The van der Waals surface area contributed by atoms with Gasteiger partial charge in [-0.25, -0.2) is 14.2 Å². The van der Waals surface area contributed by atoms with Crippen molar-refractivity contribution in [3.8, 4) is 17.0 Å². The van der Waals surface area contributed by atoms with E-state index >= 15 is 0 Å². The van der Waals surface area contributed by atoms with Crippen molar-refractivity contribution in [1.82, 2.24) is 25.5 Å². The highest BCUT2D eigenvalue weighted by atomic mass is 19.1. The first-order valence-corrected chi connectivity index (χ1v) is 10.9. The minimum Gasteiger partial charge on any atom is -0.494 e. The molecule has 1 saturated heterocycles. The van der Waals surface area contributed by atoms with Crippen LogP contribution in [0.25, 0.3) is 22.2 Å². The lowest BCUT2D eigenvalue weighted by Gasteiger charge is -2.33. The first kappa shape index (κ1) is 22.3. The summed E-state index contributed by atoms with van der Waals surface area (Å²) in [5, 5.41) is 5.12. The third kappa shape index (κ3) is 3.17. The Kier molecular flexibility index (Phi) is 4.60. The monoisotopic (exact) mass is 504 g/mol. The lowest BCUT2D eigenvalue weighted by molar-refractivity contribution is -0.131. The predicted molar refractivity (Wildman–Crippen MR) is 126 cm³/mol. The topological polar surface area (TPSA) is 173 Å². The Morgan fingerprint density at radius 3 is 2.65 bits per heavy atom. The first-order chi connectivity index (χ1) is 17.7. The van der Waals surface area contributed by atoms with Gasteiger partial charge in [0.05, 0.1) is 24.9 Å². The Bertz CT molecular complexity index is 1730. The van der Waals surface area contributed by atoms with Gasteiger partial charge in [-0.3, -0.25) is 29.6 Å². The fraction of sp³-hybridized carbons (Fsp3) is 0.125. The van der Waals surface area contributed by atoms with E-state index in [1.54, 1.807) is 18.2 Å². The van der Waals surface area contributed by atoms with Gasteiger partial charge in [0.25, 0.3) is 23.0 Å². The molecule has 4 amide bonds. The van der Waals surface area contributed by atoms with Crippen LogP contribution in [0.2, 0.25) is 0 Å². The lowest BCUT2D eigenvalue weighted by Crippen LogP contribution is -2.57. The molecule has 12 nitrogen and oxygen atoms in total. The van der Waals surface area contributed by atoms with Gasteiger partial charge < -0.3 is 20.2 Å². The van der Waals surface area contributed by atoms with E-state index in [2.05, 4.69) is 20.6 Å². The number of rotatable bonds is 4. The zero-order chi connectivity index (χ0) is 26.1. The third-order valence-electron chi connectivity index (χ3n) is 6.38. The van der Waals surface area contributed by atoms with Gasteiger partial charge in [-0.15, -0.1) is 0 Å². The molecule has 0 aliphatic carbocycles. The minimum atomic E-state index is -2.08. The second-order valence-corrected chi connectivity index (χ2v) is 8.51. The maximum absolute atomic E-state index is 15.0. The number of urea groups is 1. The van der Waals surface area contributed by atoms with Crippen LogP contribution in [-0.2, 0) is 17.0 Å². The van der Waals surface area contributed by atoms with Gasteiger partial charge in [-0.05, 0) is 35.9 Å². The number of furan rings is 1. The highest BCUT2D eigenvalue weighted by molar-refractivity contribution is 6.11. The molecule has 1 fully saturated rings. The van der Waals surface area contributed by atoms with E-state index in [-0.39, 0.29) is 29.6 Å². The van der Waals surface area contributed by atoms with E-state index in [9.17, 15) is 23.6 Å². The van der Waals surface area contributed by atoms with Crippen LogP contribution in [0.1, 0.15) is 21.7 Å². The highest BCUT2D eigenvalue weighted by Crippen LogP contribution is 2.41. The van der Waals surface area contributed by atoms with Gasteiger partial charge in [0.2, 0.25) is 5.95 Å². The Balaban J connectivity index is 1.48. The molecule has 2 aromatic heterocycles. The van der Waals surface area contributed by atoms with Crippen LogP contribution >= 0.6 is 0 Å². The average Bonchev–Trinajstić information content (AvgIpc) is 3.52.